The summed E-state index contributed by atoms with van der Waals surface area (Å²) in [5.74, 6) is 0. The minimum atomic E-state index is 0.0772. The minimum absolute atomic E-state index is 0.0772. The van der Waals surface area contributed by atoms with Crippen LogP contribution in [0.2, 0.25) is 0 Å². The first-order valence-electron chi connectivity index (χ1n) is 7.39. The summed E-state index contributed by atoms with van der Waals surface area (Å²) >= 11 is 0. The molecular formula is C18H24N2O2. The van der Waals surface area contributed by atoms with E-state index in [4.69, 9.17) is 9.68 Å². The van der Waals surface area contributed by atoms with Gasteiger partial charge < -0.3 is 9.68 Å². The predicted molar refractivity (Wildman–Crippen MR) is 88.8 cm³/mol. The van der Waals surface area contributed by atoms with Gasteiger partial charge in [0.05, 0.1) is 12.1 Å². The van der Waals surface area contributed by atoms with Gasteiger partial charge in [0.2, 0.25) is 0 Å². The zero-order chi connectivity index (χ0) is 16.3. The van der Waals surface area contributed by atoms with E-state index >= 15 is 0 Å². The number of hydroxylamine groups is 4. The summed E-state index contributed by atoms with van der Waals surface area (Å²) in [4.78, 5) is 11.2. The fraction of sp³-hybridized carbons (Fsp3) is 0.333. The van der Waals surface area contributed by atoms with Crippen LogP contribution in [0.5, 0.6) is 0 Å². The summed E-state index contributed by atoms with van der Waals surface area (Å²) < 4.78 is 0. The maximum atomic E-state index is 5.60. The van der Waals surface area contributed by atoms with E-state index in [2.05, 4.69) is 27.0 Å². The van der Waals surface area contributed by atoms with Crippen molar-refractivity contribution >= 4 is 0 Å². The van der Waals surface area contributed by atoms with Crippen molar-refractivity contribution < 1.29 is 9.68 Å². The maximum absolute atomic E-state index is 5.60. The second-order valence-electron chi connectivity index (χ2n) is 5.75. The van der Waals surface area contributed by atoms with Crippen LogP contribution < -0.4 is 0 Å². The molecule has 2 heterocycles. The average molecular weight is 300 g/mol. The van der Waals surface area contributed by atoms with E-state index in [0.29, 0.717) is 0 Å². The van der Waals surface area contributed by atoms with Gasteiger partial charge in [-0.1, -0.05) is 13.2 Å². The van der Waals surface area contributed by atoms with Crippen LogP contribution in [0.3, 0.4) is 0 Å². The Kier molecular flexibility index (Phi) is 4.81. The molecule has 0 radical (unpaired) electrons. The van der Waals surface area contributed by atoms with Crippen molar-refractivity contribution in [2.45, 2.75) is 39.8 Å². The van der Waals surface area contributed by atoms with Gasteiger partial charge in [-0.15, -0.1) is 0 Å². The summed E-state index contributed by atoms with van der Waals surface area (Å²) in [5.41, 5.74) is 4.13. The van der Waals surface area contributed by atoms with Crippen LogP contribution in [0.15, 0.2) is 72.5 Å². The van der Waals surface area contributed by atoms with Crippen LogP contribution in [-0.4, -0.2) is 22.2 Å². The molecule has 0 aliphatic carbocycles. The number of allylic oxidation sites excluding steroid dienone is 6. The summed E-state index contributed by atoms with van der Waals surface area (Å²) in [6.45, 7) is 16.1. The van der Waals surface area contributed by atoms with Crippen molar-refractivity contribution in [1.82, 2.24) is 10.1 Å². The van der Waals surface area contributed by atoms with Gasteiger partial charge in [0.1, 0.15) is 12.5 Å². The lowest BCUT2D eigenvalue weighted by Crippen LogP contribution is -2.45. The lowest BCUT2D eigenvalue weighted by atomic mass is 10.1. The van der Waals surface area contributed by atoms with Gasteiger partial charge in [0, 0.05) is 12.4 Å². The van der Waals surface area contributed by atoms with E-state index in [0.717, 1.165) is 22.3 Å². The molecule has 2 rings (SSSR count). The molecule has 0 aromatic carbocycles. The molecule has 0 N–H and O–H groups in total. The van der Waals surface area contributed by atoms with Crippen LogP contribution in [0, 0.1) is 0 Å². The topological polar surface area (TPSA) is 24.9 Å². The van der Waals surface area contributed by atoms with E-state index in [1.165, 1.54) is 0 Å². The molecule has 0 aromatic rings. The Labute approximate surface area is 132 Å². The minimum Gasteiger partial charge on any atom is -0.388 e. The van der Waals surface area contributed by atoms with Gasteiger partial charge in [-0.25, -0.2) is 10.1 Å². The Bertz CT molecular complexity index is 532. The smallest absolute Gasteiger partial charge is 0.120 e. The largest absolute Gasteiger partial charge is 0.388 e. The monoisotopic (exact) mass is 300 g/mol. The van der Waals surface area contributed by atoms with Crippen molar-refractivity contribution in [2.24, 2.45) is 0 Å². The first-order valence-corrected chi connectivity index (χ1v) is 7.39. The van der Waals surface area contributed by atoms with Gasteiger partial charge in [-0.3, -0.25) is 0 Å². The predicted octanol–water partition coefficient (Wildman–Crippen LogP) is 4.21. The number of nitrogens with zero attached hydrogens (tertiary/aromatic N) is 2. The van der Waals surface area contributed by atoms with Gasteiger partial charge in [-0.2, -0.15) is 0 Å². The number of rotatable bonds is 5. The third-order valence-corrected chi connectivity index (χ3v) is 3.88. The van der Waals surface area contributed by atoms with E-state index in [-0.39, 0.29) is 12.1 Å². The van der Waals surface area contributed by atoms with Crippen molar-refractivity contribution in [3.05, 3.63) is 72.5 Å². The van der Waals surface area contributed by atoms with Gasteiger partial charge in [0.15, 0.2) is 0 Å². The SMILES string of the molecule is C=C(C)C1=CN(C(C)C(C)N2C=C(C(=C)C)C=CO2)OC=C1. The van der Waals surface area contributed by atoms with E-state index in [9.17, 15) is 0 Å². The summed E-state index contributed by atoms with van der Waals surface area (Å²) in [5, 5.41) is 3.65. The molecule has 4 heteroatoms. The molecule has 2 aliphatic heterocycles. The molecule has 118 valence electrons. The van der Waals surface area contributed by atoms with Crippen molar-refractivity contribution in [3.63, 3.8) is 0 Å². The number of hydrogen-bond acceptors (Lipinski definition) is 4. The highest BCUT2D eigenvalue weighted by molar-refractivity contribution is 5.37. The first-order chi connectivity index (χ1) is 10.4. The fourth-order valence-corrected chi connectivity index (χ4v) is 2.13. The molecule has 2 aliphatic rings. The highest BCUT2D eigenvalue weighted by Crippen LogP contribution is 2.23. The molecule has 2 atom stereocenters. The summed E-state index contributed by atoms with van der Waals surface area (Å²) in [6.07, 6.45) is 11.1. The molecular weight excluding hydrogens is 276 g/mol. The van der Waals surface area contributed by atoms with Crippen LogP contribution in [0.4, 0.5) is 0 Å². The van der Waals surface area contributed by atoms with Crippen LogP contribution in [-0.2, 0) is 9.68 Å². The Morgan fingerprint density at radius 1 is 0.864 bits per heavy atom. The van der Waals surface area contributed by atoms with Crippen LogP contribution >= 0.6 is 0 Å². The molecule has 0 spiro atoms. The van der Waals surface area contributed by atoms with Crippen molar-refractivity contribution in [1.29, 1.82) is 0 Å². The maximum Gasteiger partial charge on any atom is 0.120 e. The highest BCUT2D eigenvalue weighted by Gasteiger charge is 2.26. The molecule has 0 bridgehead atoms. The normalized spacial score (nSPS) is 19.6. The van der Waals surface area contributed by atoms with Gasteiger partial charge in [0.25, 0.3) is 0 Å². The molecule has 22 heavy (non-hydrogen) atoms. The molecule has 0 saturated heterocycles. The second kappa shape index (κ2) is 6.60. The molecule has 0 saturated carbocycles. The van der Waals surface area contributed by atoms with Crippen molar-refractivity contribution in [2.75, 3.05) is 0 Å². The number of hydrogen-bond donors (Lipinski definition) is 0. The molecule has 2 unspecified atom stereocenters. The van der Waals surface area contributed by atoms with Crippen molar-refractivity contribution in [3.8, 4) is 0 Å². The lowest BCUT2D eigenvalue weighted by molar-refractivity contribution is -0.157. The van der Waals surface area contributed by atoms with E-state index in [1.54, 1.807) is 12.5 Å². The Balaban J connectivity index is 2.11. The third kappa shape index (κ3) is 3.45. The Hall–Kier alpha value is -2.36. The first kappa shape index (κ1) is 16.0. The van der Waals surface area contributed by atoms with Gasteiger partial charge >= 0.3 is 0 Å². The summed E-state index contributed by atoms with van der Waals surface area (Å²) in [7, 11) is 0. The lowest BCUT2D eigenvalue weighted by Gasteiger charge is -2.37. The molecule has 4 nitrogen and oxygen atoms in total. The zero-order valence-electron chi connectivity index (χ0n) is 13.7. The fourth-order valence-electron chi connectivity index (χ4n) is 2.13. The standard InChI is InChI=1S/C18H24N2O2/c1-13(2)17-7-9-21-19(11-17)15(5)16(6)20-12-18(14(3)4)8-10-22-20/h7-12,15-16H,1,3H2,2,4-6H3. The average Bonchev–Trinajstić information content (AvgIpc) is 2.53. The van der Waals surface area contributed by atoms with E-state index < -0.39 is 0 Å². The summed E-state index contributed by atoms with van der Waals surface area (Å²) in [6, 6.07) is 0.154. The third-order valence-electron chi connectivity index (χ3n) is 3.88. The van der Waals surface area contributed by atoms with Gasteiger partial charge in [-0.05, 0) is 62.1 Å². The molecule has 0 aromatic heterocycles. The zero-order valence-corrected chi connectivity index (χ0v) is 13.7. The quantitative estimate of drug-likeness (QED) is 0.759. The Morgan fingerprint density at radius 2 is 1.23 bits per heavy atom. The van der Waals surface area contributed by atoms with Crippen LogP contribution in [0.1, 0.15) is 27.7 Å². The molecule has 0 amide bonds. The van der Waals surface area contributed by atoms with E-state index in [1.807, 2.05) is 48.5 Å². The second-order valence-corrected chi connectivity index (χ2v) is 5.75. The molecule has 0 fully saturated rings. The van der Waals surface area contributed by atoms with Crippen LogP contribution in [0.25, 0.3) is 0 Å². The Morgan fingerprint density at radius 3 is 1.55 bits per heavy atom. The highest BCUT2D eigenvalue weighted by atomic mass is 16.7.